The third-order valence-corrected chi connectivity index (χ3v) is 11.8. The maximum absolute atomic E-state index is 11.2. The molecule has 4 nitrogen and oxygen atoms in total. The summed E-state index contributed by atoms with van der Waals surface area (Å²) in [5.41, 5.74) is 11.1. The summed E-state index contributed by atoms with van der Waals surface area (Å²) in [5, 5.41) is 11.6. The summed E-state index contributed by atoms with van der Waals surface area (Å²) < 4.78 is 5.09. The van der Waals surface area contributed by atoms with Crippen LogP contribution in [0.5, 0.6) is 11.5 Å². The van der Waals surface area contributed by atoms with Crippen molar-refractivity contribution in [2.24, 2.45) is 5.73 Å². The van der Waals surface area contributed by atoms with Crippen molar-refractivity contribution in [3.63, 3.8) is 0 Å². The van der Waals surface area contributed by atoms with E-state index in [1.54, 1.807) is 6.07 Å². The van der Waals surface area contributed by atoms with Crippen LogP contribution in [0, 0.1) is 11.5 Å². The van der Waals surface area contributed by atoms with Gasteiger partial charge in [-0.3, -0.25) is 0 Å². The van der Waals surface area contributed by atoms with E-state index in [4.69, 9.17) is 10.5 Å². The standard InChI is InChI=1S/C22H29NO3Si/c1-14(2)27(15(3)4,16(5)6)13-12-17-8-7-9-18-20(26-22(23)25)11-10-19(24)21(17)18/h7-11,14-16,24H,1-6H3,(H2,23,25). The lowest BCUT2D eigenvalue weighted by molar-refractivity contribution is 0.211. The number of primary amides is 1. The largest absolute Gasteiger partial charge is 0.507 e. The van der Waals surface area contributed by atoms with Gasteiger partial charge >= 0.3 is 6.09 Å². The SMILES string of the molecule is CC(C)[Si](C#Cc1cccc2c(OC(N)=O)ccc(O)c12)(C(C)C)C(C)C. The summed E-state index contributed by atoms with van der Waals surface area (Å²) in [4.78, 5) is 11.2. The fourth-order valence-corrected chi connectivity index (χ4v) is 9.49. The first kappa shape index (κ1) is 20.9. The van der Waals surface area contributed by atoms with Crippen LogP contribution >= 0.6 is 0 Å². The minimum Gasteiger partial charge on any atom is -0.507 e. The van der Waals surface area contributed by atoms with Crippen molar-refractivity contribution in [3.8, 4) is 23.0 Å². The number of ether oxygens (including phenoxy) is 1. The maximum Gasteiger partial charge on any atom is 0.409 e. The van der Waals surface area contributed by atoms with Crippen molar-refractivity contribution in [1.82, 2.24) is 0 Å². The summed E-state index contributed by atoms with van der Waals surface area (Å²) in [5.74, 6) is 3.80. The number of carbonyl (C=O) groups is 1. The summed E-state index contributed by atoms with van der Waals surface area (Å²) in [6, 6.07) is 8.57. The number of carbonyl (C=O) groups excluding carboxylic acids is 1. The fourth-order valence-electron chi connectivity index (χ4n) is 4.27. The van der Waals surface area contributed by atoms with Gasteiger partial charge < -0.3 is 15.6 Å². The van der Waals surface area contributed by atoms with Crippen molar-refractivity contribution >= 4 is 24.9 Å². The Morgan fingerprint density at radius 3 is 2.15 bits per heavy atom. The molecule has 5 heteroatoms. The monoisotopic (exact) mass is 383 g/mol. The smallest absolute Gasteiger partial charge is 0.409 e. The first-order valence-electron chi connectivity index (χ1n) is 9.36. The van der Waals surface area contributed by atoms with Crippen LogP contribution in [0.25, 0.3) is 10.8 Å². The van der Waals surface area contributed by atoms with Crippen LogP contribution in [0.1, 0.15) is 47.1 Å². The van der Waals surface area contributed by atoms with E-state index in [0.717, 1.165) is 5.56 Å². The minimum absolute atomic E-state index is 0.109. The van der Waals surface area contributed by atoms with Gasteiger partial charge in [0, 0.05) is 16.3 Å². The number of hydrogen-bond donors (Lipinski definition) is 2. The third-order valence-electron chi connectivity index (χ3n) is 5.47. The number of phenols is 1. The first-order valence-corrected chi connectivity index (χ1v) is 11.6. The van der Waals surface area contributed by atoms with Gasteiger partial charge in [-0.1, -0.05) is 59.6 Å². The van der Waals surface area contributed by atoms with Gasteiger partial charge in [-0.05, 0) is 34.8 Å². The Bertz CT molecular complexity index is 885. The lowest BCUT2D eigenvalue weighted by Gasteiger charge is -2.38. The Morgan fingerprint density at radius 2 is 1.63 bits per heavy atom. The molecule has 0 aromatic heterocycles. The van der Waals surface area contributed by atoms with Crippen molar-refractivity contribution in [3.05, 3.63) is 35.9 Å². The molecule has 0 aliphatic carbocycles. The average Bonchev–Trinajstić information content (AvgIpc) is 2.56. The van der Waals surface area contributed by atoms with Gasteiger partial charge in [0.25, 0.3) is 0 Å². The topological polar surface area (TPSA) is 72.5 Å². The van der Waals surface area contributed by atoms with Gasteiger partial charge in [0.05, 0.1) is 0 Å². The van der Waals surface area contributed by atoms with Crippen LogP contribution in [0.4, 0.5) is 4.79 Å². The summed E-state index contributed by atoms with van der Waals surface area (Å²) in [6.45, 7) is 13.6. The van der Waals surface area contributed by atoms with Gasteiger partial charge in [-0.2, -0.15) is 0 Å². The third kappa shape index (κ3) is 3.96. The second kappa shape index (κ2) is 8.06. The highest BCUT2D eigenvalue weighted by Gasteiger charge is 2.41. The van der Waals surface area contributed by atoms with E-state index in [2.05, 4.69) is 53.0 Å². The summed E-state index contributed by atoms with van der Waals surface area (Å²) in [6.07, 6.45) is -0.885. The van der Waals surface area contributed by atoms with Crippen molar-refractivity contribution in [2.45, 2.75) is 58.2 Å². The molecule has 27 heavy (non-hydrogen) atoms. The zero-order valence-electron chi connectivity index (χ0n) is 17.0. The molecule has 0 radical (unpaired) electrons. The van der Waals surface area contributed by atoms with Gasteiger partial charge in [-0.15, -0.1) is 5.54 Å². The number of hydrogen-bond acceptors (Lipinski definition) is 3. The molecule has 3 N–H and O–H groups in total. The molecular formula is C22H29NO3Si. The van der Waals surface area contributed by atoms with Gasteiger partial charge in [0.2, 0.25) is 0 Å². The normalized spacial score (nSPS) is 11.7. The lowest BCUT2D eigenvalue weighted by atomic mass is 10.0. The summed E-state index contributed by atoms with van der Waals surface area (Å²) >= 11 is 0. The number of amides is 1. The molecule has 144 valence electrons. The Morgan fingerprint density at radius 1 is 1.04 bits per heavy atom. The highest BCUT2D eigenvalue weighted by atomic mass is 28.3. The molecule has 2 rings (SSSR count). The molecule has 0 fully saturated rings. The fraction of sp³-hybridized carbons (Fsp3) is 0.409. The Kier molecular flexibility index (Phi) is 6.22. The van der Waals surface area contributed by atoms with E-state index in [1.165, 1.54) is 12.1 Å². The number of rotatable bonds is 4. The van der Waals surface area contributed by atoms with Crippen LogP contribution in [0.3, 0.4) is 0 Å². The van der Waals surface area contributed by atoms with E-state index < -0.39 is 14.2 Å². The average molecular weight is 384 g/mol. The number of nitrogens with two attached hydrogens (primary N) is 1. The maximum atomic E-state index is 11.2. The van der Waals surface area contributed by atoms with Crippen LogP contribution in [0.15, 0.2) is 30.3 Å². The molecule has 0 saturated heterocycles. The number of fused-ring (bicyclic) bond motifs is 1. The van der Waals surface area contributed by atoms with Crippen LogP contribution in [-0.2, 0) is 0 Å². The van der Waals surface area contributed by atoms with Gasteiger partial charge in [0.15, 0.2) is 0 Å². The Balaban J connectivity index is 2.71. The predicted octanol–water partition coefficient (Wildman–Crippen LogP) is 5.57. The molecule has 2 aromatic carbocycles. The van der Waals surface area contributed by atoms with Gasteiger partial charge in [-0.25, -0.2) is 4.79 Å². The molecule has 1 amide bonds. The molecule has 0 aliphatic rings. The van der Waals surface area contributed by atoms with Crippen molar-refractivity contribution in [2.75, 3.05) is 0 Å². The number of benzene rings is 2. The minimum atomic E-state index is -1.90. The molecule has 0 spiro atoms. The van der Waals surface area contributed by atoms with Crippen molar-refractivity contribution < 1.29 is 14.6 Å². The highest BCUT2D eigenvalue weighted by Crippen LogP contribution is 2.41. The molecule has 0 atom stereocenters. The number of aromatic hydroxyl groups is 1. The Labute approximate surface area is 162 Å². The summed E-state index contributed by atoms with van der Waals surface area (Å²) in [7, 11) is -1.90. The molecule has 0 unspecified atom stereocenters. The second-order valence-electron chi connectivity index (χ2n) is 7.88. The molecule has 0 saturated carbocycles. The first-order chi connectivity index (χ1) is 12.6. The van der Waals surface area contributed by atoms with Crippen LogP contribution < -0.4 is 10.5 Å². The van der Waals surface area contributed by atoms with Crippen molar-refractivity contribution in [1.29, 1.82) is 0 Å². The molecule has 0 bridgehead atoms. The lowest BCUT2D eigenvalue weighted by Crippen LogP contribution is -2.43. The molecular weight excluding hydrogens is 354 g/mol. The zero-order chi connectivity index (χ0) is 20.4. The molecule has 2 aromatic rings. The van der Waals surface area contributed by atoms with E-state index >= 15 is 0 Å². The highest BCUT2D eigenvalue weighted by molar-refractivity contribution is 6.90. The number of phenolic OH excluding ortho intramolecular Hbond substituents is 1. The second-order valence-corrected chi connectivity index (χ2v) is 13.5. The van der Waals surface area contributed by atoms with E-state index in [1.807, 2.05) is 12.1 Å². The zero-order valence-corrected chi connectivity index (χ0v) is 18.0. The van der Waals surface area contributed by atoms with E-state index in [-0.39, 0.29) is 5.75 Å². The van der Waals surface area contributed by atoms with Crippen LogP contribution in [0.2, 0.25) is 16.6 Å². The quantitative estimate of drug-likeness (QED) is 0.535. The Hall–Kier alpha value is -2.45. The van der Waals surface area contributed by atoms with Crippen LogP contribution in [-0.4, -0.2) is 19.3 Å². The molecule has 0 heterocycles. The van der Waals surface area contributed by atoms with E-state index in [9.17, 15) is 9.90 Å². The predicted molar refractivity (Wildman–Crippen MR) is 114 cm³/mol. The van der Waals surface area contributed by atoms with Gasteiger partial charge in [0.1, 0.15) is 19.6 Å². The van der Waals surface area contributed by atoms with E-state index in [0.29, 0.717) is 33.1 Å². The molecule has 0 aliphatic heterocycles.